The summed E-state index contributed by atoms with van der Waals surface area (Å²) in [5.74, 6) is 0.594. The van der Waals surface area contributed by atoms with Gasteiger partial charge in [-0.15, -0.1) is 0 Å². The summed E-state index contributed by atoms with van der Waals surface area (Å²) in [6.07, 6.45) is 6.51. The lowest BCUT2D eigenvalue weighted by Gasteiger charge is -2.15. The highest BCUT2D eigenvalue weighted by Crippen LogP contribution is 2.22. The molecule has 0 saturated carbocycles. The van der Waals surface area contributed by atoms with E-state index >= 15 is 0 Å². The highest BCUT2D eigenvalue weighted by atomic mass is 35.5. The lowest BCUT2D eigenvalue weighted by molar-refractivity contribution is 0.213. The van der Waals surface area contributed by atoms with Gasteiger partial charge in [-0.05, 0) is 0 Å². The molecule has 2 rings (SSSR count). The van der Waals surface area contributed by atoms with Gasteiger partial charge in [0.15, 0.2) is 0 Å². The van der Waals surface area contributed by atoms with E-state index in [1.807, 2.05) is 13.2 Å². The average Bonchev–Trinajstić information content (AvgIpc) is 2.73. The van der Waals surface area contributed by atoms with Crippen LogP contribution in [0.1, 0.15) is 11.7 Å². The van der Waals surface area contributed by atoms with E-state index < -0.39 is 0 Å². The van der Waals surface area contributed by atoms with Crippen LogP contribution in [0.2, 0.25) is 5.02 Å². The summed E-state index contributed by atoms with van der Waals surface area (Å²) in [6, 6.07) is 1.70. The highest BCUT2D eigenvalue weighted by Gasteiger charge is 2.13. The number of nitrogens with two attached hydrogens (primary N) is 1. The van der Waals surface area contributed by atoms with Crippen LogP contribution in [0, 0.1) is 0 Å². The number of ether oxygens (including phenoxy) is 1. The third-order valence-electron chi connectivity index (χ3n) is 2.27. The van der Waals surface area contributed by atoms with Gasteiger partial charge in [-0.1, -0.05) is 11.6 Å². The molecule has 0 bridgehead atoms. The molecule has 0 amide bonds. The number of aromatic nitrogens is 3. The number of halogens is 1. The molecule has 5 nitrogen and oxygen atoms in total. The SMILES string of the molecule is Cn1cc(C(CN)Oc2cncc(Cl)c2)cn1. The predicted molar refractivity (Wildman–Crippen MR) is 64.9 cm³/mol. The molecule has 2 N–H and O–H groups in total. The first-order valence-electron chi connectivity index (χ1n) is 5.15. The molecule has 2 aromatic heterocycles. The second-order valence-electron chi connectivity index (χ2n) is 3.63. The molecule has 17 heavy (non-hydrogen) atoms. The summed E-state index contributed by atoms with van der Waals surface area (Å²) in [6.45, 7) is 0.359. The van der Waals surface area contributed by atoms with Gasteiger partial charge in [0.1, 0.15) is 11.9 Å². The predicted octanol–water partition coefficient (Wildman–Crippen LogP) is 1.55. The summed E-state index contributed by atoms with van der Waals surface area (Å²) < 4.78 is 7.42. The standard InChI is InChI=1S/C11H13ClN4O/c1-16-7-8(4-15-16)11(3-13)17-10-2-9(12)5-14-6-10/h2,4-7,11H,3,13H2,1H3. The number of pyridine rings is 1. The third-order valence-corrected chi connectivity index (χ3v) is 2.48. The Morgan fingerprint density at radius 3 is 2.88 bits per heavy atom. The van der Waals surface area contributed by atoms with Gasteiger partial charge in [0.05, 0.1) is 17.4 Å². The van der Waals surface area contributed by atoms with E-state index in [4.69, 9.17) is 22.1 Å². The summed E-state index contributed by atoms with van der Waals surface area (Å²) in [5.41, 5.74) is 6.61. The van der Waals surface area contributed by atoms with Crippen LogP contribution in [0.4, 0.5) is 0 Å². The summed E-state index contributed by atoms with van der Waals surface area (Å²) in [5, 5.41) is 4.62. The van der Waals surface area contributed by atoms with E-state index in [1.54, 1.807) is 29.3 Å². The van der Waals surface area contributed by atoms with Crippen molar-refractivity contribution in [2.24, 2.45) is 12.8 Å². The monoisotopic (exact) mass is 252 g/mol. The van der Waals surface area contributed by atoms with Crippen molar-refractivity contribution in [1.82, 2.24) is 14.8 Å². The molecule has 0 spiro atoms. The molecule has 0 aliphatic rings. The van der Waals surface area contributed by atoms with Crippen LogP contribution in [-0.2, 0) is 7.05 Å². The van der Waals surface area contributed by atoms with E-state index in [-0.39, 0.29) is 6.10 Å². The van der Waals surface area contributed by atoms with Crippen molar-refractivity contribution < 1.29 is 4.74 Å². The molecule has 2 heterocycles. The van der Waals surface area contributed by atoms with Crippen LogP contribution < -0.4 is 10.5 Å². The number of rotatable bonds is 4. The Morgan fingerprint density at radius 2 is 2.29 bits per heavy atom. The summed E-state index contributed by atoms with van der Waals surface area (Å²) >= 11 is 5.83. The van der Waals surface area contributed by atoms with Crippen molar-refractivity contribution in [1.29, 1.82) is 0 Å². The quantitative estimate of drug-likeness (QED) is 0.897. The fourth-order valence-corrected chi connectivity index (χ4v) is 1.64. The fourth-order valence-electron chi connectivity index (χ4n) is 1.48. The fraction of sp³-hybridized carbons (Fsp3) is 0.273. The Balaban J connectivity index is 2.15. The Kier molecular flexibility index (Phi) is 3.61. The molecule has 0 aliphatic carbocycles. The number of hydrogen-bond acceptors (Lipinski definition) is 4. The van der Waals surface area contributed by atoms with Gasteiger partial charge in [-0.25, -0.2) is 0 Å². The van der Waals surface area contributed by atoms with E-state index in [2.05, 4.69) is 10.1 Å². The number of hydrogen-bond donors (Lipinski definition) is 1. The molecular formula is C11H13ClN4O. The summed E-state index contributed by atoms with van der Waals surface area (Å²) in [7, 11) is 1.85. The first-order valence-corrected chi connectivity index (χ1v) is 5.52. The molecular weight excluding hydrogens is 240 g/mol. The smallest absolute Gasteiger partial charge is 0.140 e. The van der Waals surface area contributed by atoms with Crippen LogP contribution in [0.5, 0.6) is 5.75 Å². The minimum Gasteiger partial charge on any atom is -0.483 e. The summed E-state index contributed by atoms with van der Waals surface area (Å²) in [4.78, 5) is 3.95. The van der Waals surface area contributed by atoms with Crippen molar-refractivity contribution >= 4 is 11.6 Å². The average molecular weight is 253 g/mol. The maximum absolute atomic E-state index is 5.83. The molecule has 0 radical (unpaired) electrons. The van der Waals surface area contributed by atoms with E-state index in [1.165, 1.54) is 0 Å². The zero-order valence-corrected chi connectivity index (χ0v) is 10.1. The first kappa shape index (κ1) is 11.9. The second kappa shape index (κ2) is 5.16. The first-order chi connectivity index (χ1) is 8.19. The van der Waals surface area contributed by atoms with E-state index in [9.17, 15) is 0 Å². The third kappa shape index (κ3) is 2.95. The van der Waals surface area contributed by atoms with E-state index in [0.717, 1.165) is 5.56 Å². The van der Waals surface area contributed by atoms with E-state index in [0.29, 0.717) is 17.3 Å². The van der Waals surface area contributed by atoms with Crippen LogP contribution >= 0.6 is 11.6 Å². The number of nitrogens with zero attached hydrogens (tertiary/aromatic N) is 3. The molecule has 0 aliphatic heterocycles. The Hall–Kier alpha value is -1.59. The van der Waals surface area contributed by atoms with Crippen molar-refractivity contribution in [3.63, 3.8) is 0 Å². The largest absolute Gasteiger partial charge is 0.483 e. The van der Waals surface area contributed by atoms with Crippen LogP contribution in [0.15, 0.2) is 30.9 Å². The Labute approximate surface area is 104 Å². The molecule has 6 heteroatoms. The molecule has 0 aromatic carbocycles. The zero-order chi connectivity index (χ0) is 12.3. The van der Waals surface area contributed by atoms with Crippen molar-refractivity contribution in [3.05, 3.63) is 41.4 Å². The normalized spacial score (nSPS) is 12.4. The zero-order valence-electron chi connectivity index (χ0n) is 9.38. The van der Waals surface area contributed by atoms with Crippen molar-refractivity contribution in [3.8, 4) is 5.75 Å². The van der Waals surface area contributed by atoms with Crippen molar-refractivity contribution in [2.75, 3.05) is 6.54 Å². The minimum absolute atomic E-state index is 0.246. The van der Waals surface area contributed by atoms with Gasteiger partial charge in [0.25, 0.3) is 0 Å². The molecule has 90 valence electrons. The lowest BCUT2D eigenvalue weighted by Crippen LogP contribution is -2.18. The maximum atomic E-state index is 5.83. The molecule has 1 atom stereocenters. The Morgan fingerprint density at radius 1 is 1.47 bits per heavy atom. The van der Waals surface area contributed by atoms with Gasteiger partial charge in [-0.3, -0.25) is 9.67 Å². The van der Waals surface area contributed by atoms with Gasteiger partial charge in [0.2, 0.25) is 0 Å². The van der Waals surface area contributed by atoms with Crippen LogP contribution in [0.3, 0.4) is 0 Å². The molecule has 2 aromatic rings. The van der Waals surface area contributed by atoms with Crippen LogP contribution in [0.25, 0.3) is 0 Å². The van der Waals surface area contributed by atoms with Gasteiger partial charge in [0, 0.05) is 37.6 Å². The molecule has 1 unspecified atom stereocenters. The topological polar surface area (TPSA) is 66.0 Å². The Bertz CT molecular complexity index is 500. The van der Waals surface area contributed by atoms with Gasteiger partial charge < -0.3 is 10.5 Å². The van der Waals surface area contributed by atoms with Gasteiger partial charge in [-0.2, -0.15) is 5.10 Å². The molecule has 0 fully saturated rings. The van der Waals surface area contributed by atoms with Crippen molar-refractivity contribution in [2.45, 2.75) is 6.10 Å². The number of aryl methyl sites for hydroxylation is 1. The maximum Gasteiger partial charge on any atom is 0.140 e. The van der Waals surface area contributed by atoms with Gasteiger partial charge >= 0.3 is 0 Å². The lowest BCUT2D eigenvalue weighted by atomic mass is 10.2. The van der Waals surface area contributed by atoms with Crippen LogP contribution in [-0.4, -0.2) is 21.3 Å². The minimum atomic E-state index is -0.246. The second-order valence-corrected chi connectivity index (χ2v) is 4.06. The highest BCUT2D eigenvalue weighted by molar-refractivity contribution is 6.30. The molecule has 0 saturated heterocycles.